The van der Waals surface area contributed by atoms with Crippen molar-refractivity contribution < 1.29 is 0 Å². The Bertz CT molecular complexity index is 3880. The summed E-state index contributed by atoms with van der Waals surface area (Å²) in [5, 5.41) is 4.96. The molecule has 0 unspecified atom stereocenters. The zero-order chi connectivity index (χ0) is 45.0. The van der Waals surface area contributed by atoms with Crippen molar-refractivity contribution in [1.82, 2.24) is 19.5 Å². The van der Waals surface area contributed by atoms with Crippen molar-refractivity contribution in [1.29, 1.82) is 0 Å². The zero-order valence-corrected chi connectivity index (χ0v) is 37.6. The quantitative estimate of drug-likeness (QED) is 0.153. The number of benzene rings is 10. The molecule has 0 aliphatic rings. The van der Waals surface area contributed by atoms with E-state index in [-0.39, 0.29) is 0 Å². The standard InChI is InChI=1S/C63H40N4S/c1-6-19-41(20-7-1)46-37-47(42-21-8-2-9-22-42)39-48(38-46)45-33-34-50(53(40-45)63-65-61(43-23-10-3-11-24-43)64-62(66-63)44-25-12-4-13-26-44)51-30-18-32-56-59(51)60-57(68-56)36-35-55-58(60)52-29-16-17-31-54(52)67(55)49-27-14-5-15-28-49/h1-40H. The molecule has 3 aromatic heterocycles. The lowest BCUT2D eigenvalue weighted by Gasteiger charge is -2.16. The van der Waals surface area contributed by atoms with Crippen molar-refractivity contribution in [3.8, 4) is 84.4 Å². The first kappa shape index (κ1) is 39.6. The summed E-state index contributed by atoms with van der Waals surface area (Å²) >= 11 is 1.85. The van der Waals surface area contributed by atoms with Crippen LogP contribution in [-0.2, 0) is 0 Å². The Hall–Kier alpha value is -8.77. The van der Waals surface area contributed by atoms with Crippen molar-refractivity contribution >= 4 is 53.3 Å². The van der Waals surface area contributed by atoms with Crippen LogP contribution in [0.1, 0.15) is 0 Å². The van der Waals surface area contributed by atoms with Gasteiger partial charge in [-0.05, 0) is 105 Å². The minimum atomic E-state index is 0.611. The van der Waals surface area contributed by atoms with Crippen LogP contribution in [0, 0.1) is 0 Å². The maximum Gasteiger partial charge on any atom is 0.164 e. The topological polar surface area (TPSA) is 43.6 Å². The number of thiophene rings is 1. The molecular weight excluding hydrogens is 845 g/mol. The van der Waals surface area contributed by atoms with Gasteiger partial charge in [-0.3, -0.25) is 0 Å². The van der Waals surface area contributed by atoms with E-state index in [0.717, 1.165) is 66.9 Å². The van der Waals surface area contributed by atoms with Crippen molar-refractivity contribution in [2.24, 2.45) is 0 Å². The molecule has 0 N–H and O–H groups in total. The fourth-order valence-electron chi connectivity index (χ4n) is 9.91. The van der Waals surface area contributed by atoms with Gasteiger partial charge in [0.15, 0.2) is 17.5 Å². The second-order valence-corrected chi connectivity index (χ2v) is 18.2. The van der Waals surface area contributed by atoms with E-state index in [4.69, 9.17) is 15.0 Å². The van der Waals surface area contributed by atoms with E-state index >= 15 is 0 Å². The lowest BCUT2D eigenvalue weighted by Crippen LogP contribution is -2.01. The summed E-state index contributed by atoms with van der Waals surface area (Å²) in [6, 6.07) is 86.5. The molecule has 0 saturated heterocycles. The molecular formula is C63H40N4S. The van der Waals surface area contributed by atoms with Crippen LogP contribution in [0.4, 0.5) is 0 Å². The van der Waals surface area contributed by atoms with Crippen LogP contribution in [0.25, 0.3) is 126 Å². The zero-order valence-electron chi connectivity index (χ0n) is 36.8. The second-order valence-electron chi connectivity index (χ2n) is 17.1. The van der Waals surface area contributed by atoms with E-state index < -0.39 is 0 Å². The highest BCUT2D eigenvalue weighted by molar-refractivity contribution is 7.26. The molecule has 3 heterocycles. The summed E-state index contributed by atoms with van der Waals surface area (Å²) in [4.78, 5) is 15.9. The van der Waals surface area contributed by atoms with E-state index in [9.17, 15) is 0 Å². The van der Waals surface area contributed by atoms with Crippen LogP contribution in [0.2, 0.25) is 0 Å². The summed E-state index contributed by atoms with van der Waals surface area (Å²) in [5.41, 5.74) is 15.3. The van der Waals surface area contributed by atoms with Gasteiger partial charge in [-0.25, -0.2) is 15.0 Å². The molecule has 0 radical (unpaired) electrons. The number of fused-ring (bicyclic) bond motifs is 7. The number of rotatable bonds is 8. The van der Waals surface area contributed by atoms with Gasteiger partial charge >= 0.3 is 0 Å². The average Bonchev–Trinajstić information content (AvgIpc) is 3.98. The molecule has 0 aliphatic heterocycles. The van der Waals surface area contributed by atoms with Crippen LogP contribution in [0.15, 0.2) is 243 Å². The Morgan fingerprint density at radius 3 is 1.41 bits per heavy atom. The van der Waals surface area contributed by atoms with Gasteiger partial charge in [0.25, 0.3) is 0 Å². The van der Waals surface area contributed by atoms with E-state index in [1.54, 1.807) is 0 Å². The lowest BCUT2D eigenvalue weighted by atomic mass is 9.89. The average molecular weight is 885 g/mol. The maximum atomic E-state index is 5.39. The maximum absolute atomic E-state index is 5.39. The third-order valence-electron chi connectivity index (χ3n) is 13.0. The van der Waals surface area contributed by atoms with E-state index in [1.165, 1.54) is 42.0 Å². The minimum absolute atomic E-state index is 0.611. The van der Waals surface area contributed by atoms with Crippen LogP contribution in [0.5, 0.6) is 0 Å². The number of nitrogens with zero attached hydrogens (tertiary/aromatic N) is 4. The molecule has 13 rings (SSSR count). The van der Waals surface area contributed by atoms with Gasteiger partial charge in [0.05, 0.1) is 11.0 Å². The van der Waals surface area contributed by atoms with Crippen LogP contribution < -0.4 is 0 Å². The molecule has 13 aromatic rings. The summed E-state index contributed by atoms with van der Waals surface area (Å²) in [6.07, 6.45) is 0. The molecule has 4 nitrogen and oxygen atoms in total. The van der Waals surface area contributed by atoms with Gasteiger partial charge < -0.3 is 4.57 Å². The predicted octanol–water partition coefficient (Wildman–Crippen LogP) is 17.0. The minimum Gasteiger partial charge on any atom is -0.309 e. The monoisotopic (exact) mass is 884 g/mol. The molecule has 68 heavy (non-hydrogen) atoms. The van der Waals surface area contributed by atoms with Crippen LogP contribution >= 0.6 is 11.3 Å². The number of para-hydroxylation sites is 2. The molecule has 0 amide bonds. The van der Waals surface area contributed by atoms with Gasteiger partial charge in [0.2, 0.25) is 0 Å². The number of hydrogen-bond donors (Lipinski definition) is 0. The number of aromatic nitrogens is 4. The fourth-order valence-corrected chi connectivity index (χ4v) is 11.0. The molecule has 0 fully saturated rings. The Morgan fingerprint density at radius 1 is 0.279 bits per heavy atom. The van der Waals surface area contributed by atoms with E-state index in [2.05, 4.69) is 211 Å². The normalized spacial score (nSPS) is 11.5. The Labute approximate surface area is 397 Å². The smallest absolute Gasteiger partial charge is 0.164 e. The molecule has 10 aromatic carbocycles. The largest absolute Gasteiger partial charge is 0.309 e. The summed E-state index contributed by atoms with van der Waals surface area (Å²) in [5.74, 6) is 1.86. The SMILES string of the molecule is c1ccc(-c2cc(-c3ccccc3)cc(-c3ccc(-c4cccc5sc6ccc7c(c8ccccc8n7-c7ccccc7)c6c45)c(-c4nc(-c5ccccc5)nc(-c5ccccc5)n4)c3)c2)cc1. The Balaban J connectivity index is 1.11. The van der Waals surface area contributed by atoms with Crippen LogP contribution in [0.3, 0.4) is 0 Å². The molecule has 0 saturated carbocycles. The molecule has 0 aliphatic carbocycles. The summed E-state index contributed by atoms with van der Waals surface area (Å²) < 4.78 is 4.88. The van der Waals surface area contributed by atoms with Crippen LogP contribution in [-0.4, -0.2) is 19.5 Å². The van der Waals surface area contributed by atoms with Gasteiger partial charge in [-0.1, -0.05) is 182 Å². The summed E-state index contributed by atoms with van der Waals surface area (Å²) in [7, 11) is 0. The van der Waals surface area contributed by atoms with Gasteiger partial charge in [0.1, 0.15) is 0 Å². The third-order valence-corrected chi connectivity index (χ3v) is 14.2. The first-order chi connectivity index (χ1) is 33.7. The van der Waals surface area contributed by atoms with Crippen molar-refractivity contribution in [3.63, 3.8) is 0 Å². The second kappa shape index (κ2) is 16.6. The molecule has 5 heteroatoms. The van der Waals surface area contributed by atoms with E-state index in [1.807, 2.05) is 47.7 Å². The highest BCUT2D eigenvalue weighted by atomic mass is 32.1. The third kappa shape index (κ3) is 6.88. The highest BCUT2D eigenvalue weighted by Gasteiger charge is 2.23. The Morgan fingerprint density at radius 2 is 0.794 bits per heavy atom. The summed E-state index contributed by atoms with van der Waals surface area (Å²) in [6.45, 7) is 0. The fraction of sp³-hybridized carbons (Fsp3) is 0. The molecule has 0 spiro atoms. The highest BCUT2D eigenvalue weighted by Crippen LogP contribution is 2.48. The van der Waals surface area contributed by atoms with Gasteiger partial charge in [0, 0.05) is 53.3 Å². The van der Waals surface area contributed by atoms with Gasteiger partial charge in [-0.15, -0.1) is 11.3 Å². The van der Waals surface area contributed by atoms with E-state index in [0.29, 0.717) is 17.5 Å². The molecule has 0 atom stereocenters. The first-order valence-corrected chi connectivity index (χ1v) is 23.7. The Kier molecular flexibility index (Phi) is 9.66. The lowest BCUT2D eigenvalue weighted by molar-refractivity contribution is 1.07. The van der Waals surface area contributed by atoms with Gasteiger partial charge in [-0.2, -0.15) is 0 Å². The molecule has 318 valence electrons. The first-order valence-electron chi connectivity index (χ1n) is 22.9. The molecule has 0 bridgehead atoms. The number of hydrogen-bond acceptors (Lipinski definition) is 4. The van der Waals surface area contributed by atoms with Crippen molar-refractivity contribution in [3.05, 3.63) is 243 Å². The predicted molar refractivity (Wildman–Crippen MR) is 285 cm³/mol. The van der Waals surface area contributed by atoms with Crippen molar-refractivity contribution in [2.45, 2.75) is 0 Å². The van der Waals surface area contributed by atoms with Crippen molar-refractivity contribution in [2.75, 3.05) is 0 Å².